The number of H-pyrrole nitrogens is 1. The molecule has 1 aromatic heterocycles. The first-order valence-electron chi connectivity index (χ1n) is 8.33. The van der Waals surface area contributed by atoms with Crippen molar-refractivity contribution in [2.24, 2.45) is 11.8 Å². The molecule has 2 N–H and O–H groups in total. The normalized spacial score (nSPS) is 24.3. The van der Waals surface area contributed by atoms with Crippen LogP contribution in [0.25, 0.3) is 0 Å². The maximum absolute atomic E-state index is 12.7. The summed E-state index contributed by atoms with van der Waals surface area (Å²) in [6.07, 6.45) is 3.18. The van der Waals surface area contributed by atoms with Crippen molar-refractivity contribution < 1.29 is 9.72 Å². The predicted octanol–water partition coefficient (Wildman–Crippen LogP) is 1.34. The van der Waals surface area contributed by atoms with Gasteiger partial charge in [-0.2, -0.15) is 5.10 Å². The van der Waals surface area contributed by atoms with E-state index in [0.29, 0.717) is 37.0 Å². The Morgan fingerprint density at radius 3 is 2.57 bits per heavy atom. The van der Waals surface area contributed by atoms with Gasteiger partial charge in [0.2, 0.25) is 5.69 Å². The second-order valence-corrected chi connectivity index (χ2v) is 6.45. The van der Waals surface area contributed by atoms with Crippen LogP contribution in [0.5, 0.6) is 0 Å². The van der Waals surface area contributed by atoms with E-state index in [1.54, 1.807) is 4.90 Å². The van der Waals surface area contributed by atoms with Crippen molar-refractivity contribution in [3.63, 3.8) is 0 Å². The summed E-state index contributed by atoms with van der Waals surface area (Å²) in [6.45, 7) is 5.25. The van der Waals surface area contributed by atoms with Crippen LogP contribution < -0.4 is 5.32 Å². The Kier molecular flexibility index (Phi) is 4.61. The van der Waals surface area contributed by atoms with Gasteiger partial charge in [-0.25, -0.2) is 0 Å². The van der Waals surface area contributed by atoms with E-state index in [-0.39, 0.29) is 17.3 Å². The lowest BCUT2D eigenvalue weighted by Gasteiger charge is -2.19. The monoisotopic (exact) mass is 321 g/mol. The molecule has 8 heteroatoms. The van der Waals surface area contributed by atoms with E-state index >= 15 is 0 Å². The molecule has 2 saturated heterocycles. The second-order valence-electron chi connectivity index (χ2n) is 6.45. The molecular formula is C15H23N5O3. The maximum Gasteiger partial charge on any atom is 0.322 e. The number of carbonyl (C=O) groups excluding carboxylic acids is 1. The molecule has 23 heavy (non-hydrogen) atoms. The van der Waals surface area contributed by atoms with E-state index in [0.717, 1.165) is 32.4 Å². The SMILES string of the molecule is CCCc1[nH]nc(C(=O)N2CC[C@@H]3CNC[C@@H]3CC2)c1[N+](=O)[O-]. The molecule has 126 valence electrons. The molecule has 2 aliphatic rings. The van der Waals surface area contributed by atoms with Gasteiger partial charge in [-0.1, -0.05) is 13.3 Å². The summed E-state index contributed by atoms with van der Waals surface area (Å²) in [5.74, 6) is 0.901. The summed E-state index contributed by atoms with van der Waals surface area (Å²) in [6, 6.07) is 0. The lowest BCUT2D eigenvalue weighted by atomic mass is 9.92. The van der Waals surface area contributed by atoms with Gasteiger partial charge < -0.3 is 10.2 Å². The van der Waals surface area contributed by atoms with Gasteiger partial charge in [-0.15, -0.1) is 0 Å². The van der Waals surface area contributed by atoms with Crippen molar-refractivity contribution in [3.05, 3.63) is 21.5 Å². The smallest absolute Gasteiger partial charge is 0.322 e. The van der Waals surface area contributed by atoms with Crippen molar-refractivity contribution in [1.29, 1.82) is 0 Å². The summed E-state index contributed by atoms with van der Waals surface area (Å²) < 4.78 is 0. The third-order valence-electron chi connectivity index (χ3n) is 5.00. The molecule has 0 unspecified atom stereocenters. The van der Waals surface area contributed by atoms with Gasteiger partial charge in [0.05, 0.1) is 4.92 Å². The van der Waals surface area contributed by atoms with E-state index in [2.05, 4.69) is 15.5 Å². The second kappa shape index (κ2) is 6.66. The summed E-state index contributed by atoms with van der Waals surface area (Å²) in [5, 5.41) is 21.4. The highest BCUT2D eigenvalue weighted by Crippen LogP contribution is 2.29. The third kappa shape index (κ3) is 3.08. The van der Waals surface area contributed by atoms with Gasteiger partial charge in [-0.05, 0) is 44.2 Å². The Hall–Kier alpha value is -1.96. The summed E-state index contributed by atoms with van der Waals surface area (Å²) in [4.78, 5) is 25.3. The number of fused-ring (bicyclic) bond motifs is 1. The minimum Gasteiger partial charge on any atom is -0.337 e. The largest absolute Gasteiger partial charge is 0.337 e. The molecule has 3 heterocycles. The van der Waals surface area contributed by atoms with Crippen LogP contribution >= 0.6 is 0 Å². The van der Waals surface area contributed by atoms with E-state index in [4.69, 9.17) is 0 Å². The summed E-state index contributed by atoms with van der Waals surface area (Å²) >= 11 is 0. The lowest BCUT2D eigenvalue weighted by molar-refractivity contribution is -0.385. The van der Waals surface area contributed by atoms with Crippen molar-refractivity contribution in [2.75, 3.05) is 26.2 Å². The Balaban J connectivity index is 1.79. The topological polar surface area (TPSA) is 104 Å². The van der Waals surface area contributed by atoms with Gasteiger partial charge in [0, 0.05) is 13.1 Å². The van der Waals surface area contributed by atoms with Crippen molar-refractivity contribution >= 4 is 11.6 Å². The van der Waals surface area contributed by atoms with Crippen molar-refractivity contribution in [1.82, 2.24) is 20.4 Å². The maximum atomic E-state index is 12.7. The number of likely N-dealkylation sites (tertiary alicyclic amines) is 1. The molecule has 3 rings (SSSR count). The molecule has 0 saturated carbocycles. The number of hydrogen-bond acceptors (Lipinski definition) is 5. The molecule has 2 fully saturated rings. The molecule has 1 amide bonds. The highest BCUT2D eigenvalue weighted by molar-refractivity contribution is 5.96. The number of nitrogens with zero attached hydrogens (tertiary/aromatic N) is 3. The average molecular weight is 321 g/mol. The number of aromatic nitrogens is 2. The number of carbonyl (C=O) groups is 1. The van der Waals surface area contributed by atoms with Crippen LogP contribution in [-0.4, -0.2) is 52.1 Å². The van der Waals surface area contributed by atoms with E-state index in [9.17, 15) is 14.9 Å². The first-order chi connectivity index (χ1) is 11.1. The fourth-order valence-electron chi connectivity index (χ4n) is 3.71. The van der Waals surface area contributed by atoms with E-state index < -0.39 is 4.92 Å². The van der Waals surface area contributed by atoms with Crippen LogP contribution in [0.1, 0.15) is 42.4 Å². The van der Waals surface area contributed by atoms with Crippen molar-refractivity contribution in [2.45, 2.75) is 32.6 Å². The fourth-order valence-corrected chi connectivity index (χ4v) is 3.71. The molecule has 0 bridgehead atoms. The molecule has 0 aliphatic carbocycles. The lowest BCUT2D eigenvalue weighted by Crippen LogP contribution is -2.33. The standard InChI is InChI=1S/C15H23N5O3/c1-2-3-12-14(20(22)23)13(18-17-12)15(21)19-6-4-10-8-16-9-11(10)5-7-19/h10-11,16H,2-9H2,1H3,(H,17,18)/t10-,11+. The zero-order valence-electron chi connectivity index (χ0n) is 13.4. The van der Waals surface area contributed by atoms with Gasteiger partial charge >= 0.3 is 5.69 Å². The van der Waals surface area contributed by atoms with Gasteiger partial charge in [0.1, 0.15) is 5.69 Å². The summed E-state index contributed by atoms with van der Waals surface area (Å²) in [5.41, 5.74) is 0.253. The zero-order valence-corrected chi connectivity index (χ0v) is 13.4. The zero-order chi connectivity index (χ0) is 16.4. The molecule has 0 spiro atoms. The third-order valence-corrected chi connectivity index (χ3v) is 5.00. The molecule has 0 radical (unpaired) electrons. The minimum atomic E-state index is -0.488. The number of rotatable bonds is 4. The first-order valence-corrected chi connectivity index (χ1v) is 8.33. The fraction of sp³-hybridized carbons (Fsp3) is 0.733. The van der Waals surface area contributed by atoms with Crippen LogP contribution in [0.3, 0.4) is 0 Å². The number of amides is 1. The van der Waals surface area contributed by atoms with E-state index in [1.807, 2.05) is 6.92 Å². The number of hydrogen-bond donors (Lipinski definition) is 2. The van der Waals surface area contributed by atoms with Crippen LogP contribution in [0.2, 0.25) is 0 Å². The molecule has 2 aliphatic heterocycles. The molecule has 0 aromatic carbocycles. The minimum absolute atomic E-state index is 0.0383. The Morgan fingerprint density at radius 1 is 1.35 bits per heavy atom. The molecule has 8 nitrogen and oxygen atoms in total. The highest BCUT2D eigenvalue weighted by Gasteiger charge is 2.35. The quantitative estimate of drug-likeness (QED) is 0.643. The Morgan fingerprint density at radius 2 is 2.00 bits per heavy atom. The van der Waals surface area contributed by atoms with Crippen LogP contribution in [0, 0.1) is 22.0 Å². The highest BCUT2D eigenvalue weighted by atomic mass is 16.6. The van der Waals surface area contributed by atoms with Crippen LogP contribution in [0.15, 0.2) is 0 Å². The molecule has 1 aromatic rings. The number of nitro groups is 1. The molecule has 2 atom stereocenters. The van der Waals surface area contributed by atoms with Gasteiger partial charge in [0.25, 0.3) is 5.91 Å². The first kappa shape index (κ1) is 15.9. The van der Waals surface area contributed by atoms with E-state index in [1.165, 1.54) is 0 Å². The molecular weight excluding hydrogens is 298 g/mol. The summed E-state index contributed by atoms with van der Waals surface area (Å²) in [7, 11) is 0. The van der Waals surface area contributed by atoms with Crippen molar-refractivity contribution in [3.8, 4) is 0 Å². The van der Waals surface area contributed by atoms with Crippen LogP contribution in [0.4, 0.5) is 5.69 Å². The number of aryl methyl sites for hydroxylation is 1. The average Bonchev–Trinajstić information content (AvgIpc) is 3.10. The number of nitrogens with one attached hydrogen (secondary N) is 2. The van der Waals surface area contributed by atoms with Crippen LogP contribution in [-0.2, 0) is 6.42 Å². The predicted molar refractivity (Wildman–Crippen MR) is 84.2 cm³/mol. The van der Waals surface area contributed by atoms with Gasteiger partial charge in [0.15, 0.2) is 0 Å². The Bertz CT molecular complexity index is 586. The van der Waals surface area contributed by atoms with Gasteiger partial charge in [-0.3, -0.25) is 20.0 Å². The number of aromatic amines is 1. The Labute approximate surface area is 134 Å².